The van der Waals surface area contributed by atoms with E-state index >= 15 is 0 Å². The largest absolute Gasteiger partial charge is 0.384 e. The van der Waals surface area contributed by atoms with Crippen molar-refractivity contribution >= 4 is 67.3 Å². The number of aromatic nitrogens is 1. The second-order valence-corrected chi connectivity index (χ2v) is 11.7. The molecule has 4 rings (SSSR count). The summed E-state index contributed by atoms with van der Waals surface area (Å²) in [5.41, 5.74) is 2.43. The highest BCUT2D eigenvalue weighted by atomic mass is 35.5. The Bertz CT molecular complexity index is 1540. The zero-order chi connectivity index (χ0) is 27.1. The molecule has 1 amide bonds. The van der Waals surface area contributed by atoms with Gasteiger partial charge in [-0.05, 0) is 54.4 Å². The van der Waals surface area contributed by atoms with Gasteiger partial charge in [-0.15, -0.1) is 0 Å². The van der Waals surface area contributed by atoms with Gasteiger partial charge in [-0.25, -0.2) is 8.42 Å². The van der Waals surface area contributed by atoms with Crippen molar-refractivity contribution < 1.29 is 13.2 Å². The molecule has 0 atom stereocenters. The monoisotopic (exact) mass is 590 g/mol. The van der Waals surface area contributed by atoms with E-state index in [1.807, 2.05) is 24.3 Å². The van der Waals surface area contributed by atoms with E-state index in [1.54, 1.807) is 36.5 Å². The summed E-state index contributed by atoms with van der Waals surface area (Å²) in [6.07, 6.45) is 2.32. The Morgan fingerprint density at radius 2 is 1.63 bits per heavy atom. The summed E-state index contributed by atoms with van der Waals surface area (Å²) in [5, 5.41) is 7.98. The van der Waals surface area contributed by atoms with E-state index in [0.29, 0.717) is 24.5 Å². The quantitative estimate of drug-likeness (QED) is 0.209. The lowest BCUT2D eigenvalue weighted by Crippen LogP contribution is -2.40. The summed E-state index contributed by atoms with van der Waals surface area (Å²) in [5.74, 6) is -0.424. The van der Waals surface area contributed by atoms with Crippen molar-refractivity contribution in [2.75, 3.05) is 25.0 Å². The SMILES string of the molecule is O=C(CN(Cc1ccccc1)S(=O)(=O)c1cc(Cl)ccc1Cl)NCCCNc1ccnc2cc(Cl)ccc12. The van der Waals surface area contributed by atoms with Crippen LogP contribution in [-0.4, -0.2) is 43.2 Å². The first-order chi connectivity index (χ1) is 18.2. The maximum atomic E-state index is 13.5. The number of nitrogens with one attached hydrogen (secondary N) is 2. The van der Waals surface area contributed by atoms with E-state index in [4.69, 9.17) is 34.8 Å². The van der Waals surface area contributed by atoms with Crippen LogP contribution in [-0.2, 0) is 21.4 Å². The zero-order valence-corrected chi connectivity index (χ0v) is 23.3. The van der Waals surface area contributed by atoms with E-state index in [9.17, 15) is 13.2 Å². The molecule has 0 aliphatic rings. The van der Waals surface area contributed by atoms with E-state index in [-0.39, 0.29) is 28.0 Å². The van der Waals surface area contributed by atoms with Crippen molar-refractivity contribution in [3.05, 3.63) is 99.6 Å². The molecule has 2 N–H and O–H groups in total. The standard InChI is InChI=1S/C27H25Cl3N4O3S/c28-20-7-9-22-24(11-14-32-25(22)15-20)31-12-4-13-33-27(35)18-34(17-19-5-2-1-3-6-19)38(36,37)26-16-21(29)8-10-23(26)30/h1-3,5-11,14-16H,4,12-13,17-18H2,(H,31,32)(H,33,35). The highest BCUT2D eigenvalue weighted by molar-refractivity contribution is 7.89. The third kappa shape index (κ3) is 7.15. The average Bonchev–Trinajstić information content (AvgIpc) is 2.90. The van der Waals surface area contributed by atoms with E-state index in [2.05, 4.69) is 15.6 Å². The summed E-state index contributed by atoms with van der Waals surface area (Å²) in [6.45, 7) is 0.577. The number of halogens is 3. The molecule has 1 heterocycles. The molecule has 198 valence electrons. The van der Waals surface area contributed by atoms with Crippen LogP contribution in [0.15, 0.2) is 83.9 Å². The van der Waals surface area contributed by atoms with Gasteiger partial charge >= 0.3 is 0 Å². The van der Waals surface area contributed by atoms with Crippen LogP contribution >= 0.6 is 34.8 Å². The highest BCUT2D eigenvalue weighted by Gasteiger charge is 2.29. The van der Waals surface area contributed by atoms with Crippen molar-refractivity contribution in [2.45, 2.75) is 17.9 Å². The number of amides is 1. The van der Waals surface area contributed by atoms with Crippen LogP contribution in [0.5, 0.6) is 0 Å². The van der Waals surface area contributed by atoms with Crippen molar-refractivity contribution in [1.29, 1.82) is 0 Å². The van der Waals surface area contributed by atoms with Gasteiger partial charge in [0.1, 0.15) is 4.90 Å². The Hall–Kier alpha value is -2.88. The topological polar surface area (TPSA) is 91.4 Å². The van der Waals surface area contributed by atoms with Gasteiger partial charge < -0.3 is 10.6 Å². The predicted molar refractivity (Wildman–Crippen MR) is 153 cm³/mol. The fourth-order valence-corrected chi connectivity index (χ4v) is 6.15. The van der Waals surface area contributed by atoms with Crippen LogP contribution in [0.3, 0.4) is 0 Å². The van der Waals surface area contributed by atoms with Gasteiger partial charge in [-0.1, -0.05) is 65.1 Å². The molecule has 0 fully saturated rings. The van der Waals surface area contributed by atoms with Gasteiger partial charge in [0.2, 0.25) is 15.9 Å². The maximum Gasteiger partial charge on any atom is 0.245 e. The van der Waals surface area contributed by atoms with E-state index < -0.39 is 15.9 Å². The van der Waals surface area contributed by atoms with Gasteiger partial charge in [0.25, 0.3) is 0 Å². The zero-order valence-electron chi connectivity index (χ0n) is 20.2. The Balaban J connectivity index is 1.38. The third-order valence-corrected chi connectivity index (χ3v) is 8.47. The fourth-order valence-electron chi connectivity index (χ4n) is 3.86. The Labute approximate surface area is 236 Å². The normalized spacial score (nSPS) is 11.6. The third-order valence-electron chi connectivity index (χ3n) is 5.73. The molecule has 0 aliphatic heterocycles. The maximum absolute atomic E-state index is 13.5. The number of carbonyl (C=O) groups excluding carboxylic acids is 1. The minimum absolute atomic E-state index is 0.000124. The second-order valence-electron chi connectivity index (χ2n) is 8.48. The van der Waals surface area contributed by atoms with Gasteiger partial charge in [0.05, 0.1) is 17.1 Å². The van der Waals surface area contributed by atoms with Crippen LogP contribution in [0, 0.1) is 0 Å². The molecule has 0 unspecified atom stereocenters. The molecule has 0 radical (unpaired) electrons. The molecule has 1 aromatic heterocycles. The van der Waals surface area contributed by atoms with E-state index in [0.717, 1.165) is 26.5 Å². The van der Waals surface area contributed by atoms with Crippen LogP contribution < -0.4 is 10.6 Å². The summed E-state index contributed by atoms with van der Waals surface area (Å²) in [7, 11) is -4.11. The minimum atomic E-state index is -4.11. The molecule has 11 heteroatoms. The lowest BCUT2D eigenvalue weighted by atomic mass is 10.2. The Morgan fingerprint density at radius 1 is 0.895 bits per heavy atom. The number of hydrogen-bond acceptors (Lipinski definition) is 5. The molecular formula is C27H25Cl3N4O3S. The molecular weight excluding hydrogens is 567 g/mol. The van der Waals surface area contributed by atoms with Crippen molar-refractivity contribution in [2.24, 2.45) is 0 Å². The van der Waals surface area contributed by atoms with Gasteiger partial charge in [0, 0.05) is 46.9 Å². The fraction of sp³-hybridized carbons (Fsp3) is 0.185. The van der Waals surface area contributed by atoms with Gasteiger partial charge in [-0.3, -0.25) is 9.78 Å². The number of hydrogen-bond donors (Lipinski definition) is 2. The van der Waals surface area contributed by atoms with Crippen molar-refractivity contribution in [3.63, 3.8) is 0 Å². The van der Waals surface area contributed by atoms with Crippen LogP contribution in [0.25, 0.3) is 10.9 Å². The first-order valence-electron chi connectivity index (χ1n) is 11.8. The van der Waals surface area contributed by atoms with Crippen LogP contribution in [0.1, 0.15) is 12.0 Å². The summed E-state index contributed by atoms with van der Waals surface area (Å²) >= 11 is 18.3. The number of anilines is 1. The Kier molecular flexibility index (Phi) is 9.46. The number of fused-ring (bicyclic) bond motifs is 1. The molecule has 0 aliphatic carbocycles. The highest BCUT2D eigenvalue weighted by Crippen LogP contribution is 2.29. The second kappa shape index (κ2) is 12.8. The number of sulfonamides is 1. The summed E-state index contributed by atoms with van der Waals surface area (Å²) < 4.78 is 28.1. The van der Waals surface area contributed by atoms with Gasteiger partial charge in [-0.2, -0.15) is 4.31 Å². The average molecular weight is 592 g/mol. The number of pyridine rings is 1. The molecule has 7 nitrogen and oxygen atoms in total. The smallest absolute Gasteiger partial charge is 0.245 e. The van der Waals surface area contributed by atoms with Crippen LogP contribution in [0.2, 0.25) is 15.1 Å². The number of carbonyl (C=O) groups is 1. The first kappa shape index (κ1) is 28.1. The first-order valence-corrected chi connectivity index (χ1v) is 14.4. The summed E-state index contributed by atoms with van der Waals surface area (Å²) in [4.78, 5) is 17.0. The van der Waals surface area contributed by atoms with Crippen molar-refractivity contribution in [1.82, 2.24) is 14.6 Å². The van der Waals surface area contributed by atoms with Crippen LogP contribution in [0.4, 0.5) is 5.69 Å². The molecule has 38 heavy (non-hydrogen) atoms. The lowest BCUT2D eigenvalue weighted by molar-refractivity contribution is -0.121. The Morgan fingerprint density at radius 3 is 2.42 bits per heavy atom. The van der Waals surface area contributed by atoms with Gasteiger partial charge in [0.15, 0.2) is 0 Å². The molecule has 0 spiro atoms. The summed E-state index contributed by atoms with van der Waals surface area (Å²) in [6, 6.07) is 20.6. The predicted octanol–water partition coefficient (Wildman–Crippen LogP) is 6.00. The number of nitrogens with zero attached hydrogens (tertiary/aromatic N) is 2. The number of rotatable bonds is 11. The lowest BCUT2D eigenvalue weighted by Gasteiger charge is -2.22. The molecule has 4 aromatic rings. The molecule has 3 aromatic carbocycles. The number of benzene rings is 3. The molecule has 0 bridgehead atoms. The molecule has 0 saturated heterocycles. The molecule has 0 saturated carbocycles. The minimum Gasteiger partial charge on any atom is -0.384 e. The van der Waals surface area contributed by atoms with E-state index in [1.165, 1.54) is 18.2 Å². The van der Waals surface area contributed by atoms with Crippen molar-refractivity contribution in [3.8, 4) is 0 Å².